The lowest BCUT2D eigenvalue weighted by atomic mass is 10.0. The molecule has 150 valence electrons. The molecular formula is C21H18FNO6. The van der Waals surface area contributed by atoms with Crippen LogP contribution in [-0.2, 0) is 11.3 Å². The number of phenolic OH excluding ortho intramolecular Hbond substituents is 2. The number of benzene rings is 2. The standard InChI is InChI=1S/C21H18FNO6/c22-12-5-3-11(4-6-12)14-10-29-20-13(9-23-7-1-2-15(23)21(27)28)16(24)8-17(25)18(20)19(14)26/h3-6,8,10,15,24-25H,1-2,7,9H2,(H,27,28). The summed E-state index contributed by atoms with van der Waals surface area (Å²) in [4.78, 5) is 26.1. The smallest absolute Gasteiger partial charge is 0.320 e. The van der Waals surface area contributed by atoms with E-state index in [0.29, 0.717) is 24.9 Å². The number of likely N-dealkylation sites (tertiary alicyclic amines) is 1. The van der Waals surface area contributed by atoms with Crippen molar-refractivity contribution >= 4 is 16.9 Å². The highest BCUT2D eigenvalue weighted by molar-refractivity contribution is 5.90. The normalized spacial score (nSPS) is 17.1. The number of nitrogens with zero attached hydrogens (tertiary/aromatic N) is 1. The zero-order chi connectivity index (χ0) is 20.7. The molecule has 2 aromatic carbocycles. The van der Waals surface area contributed by atoms with Gasteiger partial charge in [0.2, 0.25) is 5.43 Å². The molecule has 1 unspecified atom stereocenters. The number of aromatic hydroxyl groups is 2. The number of halogens is 1. The van der Waals surface area contributed by atoms with Gasteiger partial charge in [0, 0.05) is 12.6 Å². The zero-order valence-corrected chi connectivity index (χ0v) is 15.3. The van der Waals surface area contributed by atoms with Gasteiger partial charge >= 0.3 is 5.97 Å². The second kappa shape index (κ2) is 7.21. The van der Waals surface area contributed by atoms with Gasteiger partial charge in [0.1, 0.15) is 40.6 Å². The van der Waals surface area contributed by atoms with Gasteiger partial charge in [-0.1, -0.05) is 12.1 Å². The average molecular weight is 399 g/mol. The maximum Gasteiger partial charge on any atom is 0.320 e. The SMILES string of the molecule is O=C(O)C1CCCN1Cc1c(O)cc(O)c2c(=O)c(-c3ccc(F)cc3)coc12. The Morgan fingerprint density at radius 1 is 1.21 bits per heavy atom. The first kappa shape index (κ1) is 18.9. The molecule has 2 heterocycles. The number of hydrogen-bond donors (Lipinski definition) is 3. The Kier molecular flexibility index (Phi) is 4.71. The molecule has 29 heavy (non-hydrogen) atoms. The fraction of sp³-hybridized carbons (Fsp3) is 0.238. The lowest BCUT2D eigenvalue weighted by Crippen LogP contribution is -2.35. The van der Waals surface area contributed by atoms with Crippen LogP contribution in [0.3, 0.4) is 0 Å². The van der Waals surface area contributed by atoms with E-state index in [-0.39, 0.29) is 34.4 Å². The van der Waals surface area contributed by atoms with E-state index in [9.17, 15) is 29.3 Å². The second-order valence-electron chi connectivity index (χ2n) is 7.05. The maximum atomic E-state index is 13.2. The zero-order valence-electron chi connectivity index (χ0n) is 15.3. The van der Waals surface area contributed by atoms with Crippen molar-refractivity contribution in [3.05, 3.63) is 58.2 Å². The van der Waals surface area contributed by atoms with Crippen molar-refractivity contribution in [3.63, 3.8) is 0 Å². The van der Waals surface area contributed by atoms with Gasteiger partial charge in [0.05, 0.1) is 11.1 Å². The first-order valence-electron chi connectivity index (χ1n) is 9.09. The molecule has 0 spiro atoms. The van der Waals surface area contributed by atoms with Crippen LogP contribution in [0.15, 0.2) is 45.8 Å². The van der Waals surface area contributed by atoms with Crippen LogP contribution in [0.4, 0.5) is 4.39 Å². The Morgan fingerprint density at radius 3 is 2.62 bits per heavy atom. The minimum absolute atomic E-state index is 0.00518. The number of hydrogen-bond acceptors (Lipinski definition) is 6. The van der Waals surface area contributed by atoms with Crippen molar-refractivity contribution in [2.24, 2.45) is 0 Å². The van der Waals surface area contributed by atoms with Crippen molar-refractivity contribution in [1.29, 1.82) is 0 Å². The van der Waals surface area contributed by atoms with Crippen LogP contribution in [0.1, 0.15) is 18.4 Å². The second-order valence-corrected chi connectivity index (χ2v) is 7.05. The quantitative estimate of drug-likeness (QED) is 0.618. The predicted molar refractivity (Wildman–Crippen MR) is 102 cm³/mol. The van der Waals surface area contributed by atoms with Crippen LogP contribution in [0.5, 0.6) is 11.5 Å². The van der Waals surface area contributed by atoms with Gasteiger partial charge in [-0.05, 0) is 37.1 Å². The highest BCUT2D eigenvalue weighted by atomic mass is 19.1. The highest BCUT2D eigenvalue weighted by Gasteiger charge is 2.32. The van der Waals surface area contributed by atoms with E-state index in [1.807, 2.05) is 0 Å². The first-order valence-corrected chi connectivity index (χ1v) is 9.09. The van der Waals surface area contributed by atoms with Gasteiger partial charge in [-0.15, -0.1) is 0 Å². The summed E-state index contributed by atoms with van der Waals surface area (Å²) < 4.78 is 18.8. The largest absolute Gasteiger partial charge is 0.507 e. The predicted octanol–water partition coefficient (Wildman–Crippen LogP) is 3.06. The molecule has 1 aromatic heterocycles. The van der Waals surface area contributed by atoms with E-state index in [1.54, 1.807) is 4.90 Å². The highest BCUT2D eigenvalue weighted by Crippen LogP contribution is 2.36. The van der Waals surface area contributed by atoms with Crippen molar-refractivity contribution < 1.29 is 28.9 Å². The van der Waals surface area contributed by atoms with Crippen LogP contribution in [0.2, 0.25) is 0 Å². The third-order valence-corrected chi connectivity index (χ3v) is 5.27. The summed E-state index contributed by atoms with van der Waals surface area (Å²) >= 11 is 0. The Hall–Kier alpha value is -3.39. The van der Waals surface area contributed by atoms with Crippen LogP contribution < -0.4 is 5.43 Å². The number of aliphatic carboxylic acids is 1. The molecule has 0 saturated carbocycles. The van der Waals surface area contributed by atoms with E-state index in [1.165, 1.54) is 30.5 Å². The molecule has 3 aromatic rings. The lowest BCUT2D eigenvalue weighted by molar-refractivity contribution is -0.142. The molecule has 0 amide bonds. The first-order chi connectivity index (χ1) is 13.9. The Morgan fingerprint density at radius 2 is 1.93 bits per heavy atom. The number of carbonyl (C=O) groups is 1. The molecule has 0 aliphatic carbocycles. The topological polar surface area (TPSA) is 111 Å². The third-order valence-electron chi connectivity index (χ3n) is 5.27. The van der Waals surface area contributed by atoms with Gasteiger partial charge in [-0.2, -0.15) is 0 Å². The van der Waals surface area contributed by atoms with Gasteiger partial charge in [-0.25, -0.2) is 4.39 Å². The van der Waals surface area contributed by atoms with Crippen LogP contribution in [-0.4, -0.2) is 38.8 Å². The maximum absolute atomic E-state index is 13.2. The lowest BCUT2D eigenvalue weighted by Gasteiger charge is -2.22. The van der Waals surface area contributed by atoms with Gasteiger partial charge in [0.25, 0.3) is 0 Å². The monoisotopic (exact) mass is 399 g/mol. The summed E-state index contributed by atoms with van der Waals surface area (Å²) in [6, 6.07) is 5.63. The number of carboxylic acids is 1. The molecular weight excluding hydrogens is 381 g/mol. The molecule has 1 atom stereocenters. The molecule has 1 fully saturated rings. The van der Waals surface area contributed by atoms with Crippen molar-refractivity contribution in [1.82, 2.24) is 4.90 Å². The molecule has 8 heteroatoms. The fourth-order valence-corrected chi connectivity index (χ4v) is 3.81. The minimum Gasteiger partial charge on any atom is -0.507 e. The summed E-state index contributed by atoms with van der Waals surface area (Å²) in [5.74, 6) is -2.14. The Labute approximate surface area is 164 Å². The number of fused-ring (bicyclic) bond motifs is 1. The molecule has 7 nitrogen and oxygen atoms in total. The van der Waals surface area contributed by atoms with Gasteiger partial charge in [0.15, 0.2) is 0 Å². The average Bonchev–Trinajstić information content (AvgIpc) is 3.14. The summed E-state index contributed by atoms with van der Waals surface area (Å²) in [6.45, 7) is 0.578. The van der Waals surface area contributed by atoms with Crippen molar-refractivity contribution in [2.45, 2.75) is 25.4 Å². The van der Waals surface area contributed by atoms with E-state index in [2.05, 4.69) is 0 Å². The molecule has 3 N–H and O–H groups in total. The number of phenols is 2. The van der Waals surface area contributed by atoms with Gasteiger partial charge < -0.3 is 19.7 Å². The number of rotatable bonds is 4. The van der Waals surface area contributed by atoms with Crippen LogP contribution >= 0.6 is 0 Å². The summed E-state index contributed by atoms with van der Waals surface area (Å²) in [6.07, 6.45) is 2.39. The minimum atomic E-state index is -0.954. The van der Waals surface area contributed by atoms with Gasteiger partial charge in [-0.3, -0.25) is 14.5 Å². The van der Waals surface area contributed by atoms with Crippen molar-refractivity contribution in [2.75, 3.05) is 6.54 Å². The third kappa shape index (κ3) is 3.31. The Balaban J connectivity index is 1.84. The number of carboxylic acid groups (broad SMARTS) is 1. The van der Waals surface area contributed by atoms with E-state index in [0.717, 1.165) is 6.07 Å². The fourth-order valence-electron chi connectivity index (χ4n) is 3.81. The Bertz CT molecular complexity index is 1150. The molecule has 1 saturated heterocycles. The summed E-state index contributed by atoms with van der Waals surface area (Å²) in [7, 11) is 0. The molecule has 4 rings (SSSR count). The molecule has 0 radical (unpaired) electrons. The van der Waals surface area contributed by atoms with E-state index < -0.39 is 29.0 Å². The van der Waals surface area contributed by atoms with Crippen LogP contribution in [0.25, 0.3) is 22.1 Å². The van der Waals surface area contributed by atoms with E-state index >= 15 is 0 Å². The summed E-state index contributed by atoms with van der Waals surface area (Å²) in [5, 5.41) is 29.9. The molecule has 1 aliphatic heterocycles. The van der Waals surface area contributed by atoms with Crippen LogP contribution in [0, 0.1) is 5.82 Å². The van der Waals surface area contributed by atoms with Crippen molar-refractivity contribution in [3.8, 4) is 22.6 Å². The molecule has 0 bridgehead atoms. The van der Waals surface area contributed by atoms with E-state index in [4.69, 9.17) is 4.42 Å². The molecule has 1 aliphatic rings. The summed E-state index contributed by atoms with van der Waals surface area (Å²) in [5.41, 5.74) is 0.242.